The first kappa shape index (κ1) is 19.4. The van der Waals surface area contributed by atoms with Gasteiger partial charge < -0.3 is 15.0 Å². The molecule has 3 heterocycles. The predicted molar refractivity (Wildman–Crippen MR) is 110 cm³/mol. The molecule has 2 aromatic rings. The summed E-state index contributed by atoms with van der Waals surface area (Å²) >= 11 is 8.16. The van der Waals surface area contributed by atoms with Crippen molar-refractivity contribution in [3.05, 3.63) is 56.7 Å². The summed E-state index contributed by atoms with van der Waals surface area (Å²) in [5.74, 6) is -0.197. The monoisotopic (exact) mass is 418 g/mol. The lowest BCUT2D eigenvalue weighted by Gasteiger charge is -2.37. The van der Waals surface area contributed by atoms with Gasteiger partial charge in [-0.1, -0.05) is 29.8 Å². The topological polar surface area (TPSA) is 58.6 Å². The van der Waals surface area contributed by atoms with Gasteiger partial charge in [-0.3, -0.25) is 9.59 Å². The van der Waals surface area contributed by atoms with Gasteiger partial charge in [-0.2, -0.15) is 0 Å². The van der Waals surface area contributed by atoms with Crippen molar-refractivity contribution in [3.63, 3.8) is 0 Å². The van der Waals surface area contributed by atoms with E-state index >= 15 is 0 Å². The summed E-state index contributed by atoms with van der Waals surface area (Å²) in [4.78, 5) is 29.1. The van der Waals surface area contributed by atoms with Crippen molar-refractivity contribution in [2.24, 2.45) is 0 Å². The second-order valence-corrected chi connectivity index (χ2v) is 8.70. The van der Waals surface area contributed by atoms with E-state index in [0.717, 1.165) is 12.0 Å². The number of carbonyl (C=O) groups is 2. The number of rotatable bonds is 4. The third kappa shape index (κ3) is 3.69. The van der Waals surface area contributed by atoms with Crippen LogP contribution in [-0.4, -0.2) is 43.0 Å². The molecule has 0 atom stereocenters. The van der Waals surface area contributed by atoms with Crippen LogP contribution in [0, 0.1) is 0 Å². The van der Waals surface area contributed by atoms with E-state index < -0.39 is 5.41 Å². The fraction of sp³-hybridized carbons (Fsp3) is 0.429. The van der Waals surface area contributed by atoms with Gasteiger partial charge in [0.1, 0.15) is 0 Å². The van der Waals surface area contributed by atoms with Gasteiger partial charge in [-0.25, -0.2) is 0 Å². The van der Waals surface area contributed by atoms with E-state index in [0.29, 0.717) is 44.2 Å². The van der Waals surface area contributed by atoms with Gasteiger partial charge in [0.05, 0.1) is 12.0 Å². The minimum absolute atomic E-state index is 0.00532. The summed E-state index contributed by atoms with van der Waals surface area (Å²) in [6, 6.07) is 9.53. The summed E-state index contributed by atoms with van der Waals surface area (Å²) in [5, 5.41) is 5.54. The average molecular weight is 419 g/mol. The van der Waals surface area contributed by atoms with E-state index in [9.17, 15) is 9.59 Å². The van der Waals surface area contributed by atoms with E-state index in [1.165, 1.54) is 10.4 Å². The lowest BCUT2D eigenvalue weighted by molar-refractivity contribution is -0.136. The molecule has 1 N–H and O–H groups in total. The molecule has 2 aliphatic heterocycles. The van der Waals surface area contributed by atoms with Gasteiger partial charge in [0.2, 0.25) is 11.8 Å². The first-order valence-corrected chi connectivity index (χ1v) is 10.8. The fourth-order valence-corrected chi connectivity index (χ4v) is 5.29. The molecule has 7 heteroatoms. The Kier molecular flexibility index (Phi) is 5.71. The highest BCUT2D eigenvalue weighted by atomic mass is 35.5. The first-order valence-electron chi connectivity index (χ1n) is 9.54. The van der Waals surface area contributed by atoms with Gasteiger partial charge in [-0.15, -0.1) is 11.3 Å². The van der Waals surface area contributed by atoms with Crippen molar-refractivity contribution >= 4 is 34.8 Å². The third-order valence-corrected chi connectivity index (χ3v) is 7.08. The molecule has 148 valence electrons. The Hall–Kier alpha value is -1.89. The number of benzene rings is 1. The lowest BCUT2D eigenvalue weighted by Crippen LogP contribution is -2.51. The van der Waals surface area contributed by atoms with Crippen molar-refractivity contribution in [2.75, 3.05) is 26.3 Å². The van der Waals surface area contributed by atoms with E-state index in [1.54, 1.807) is 17.4 Å². The normalized spacial score (nSPS) is 18.4. The maximum atomic E-state index is 13.2. The molecule has 2 aliphatic rings. The molecule has 0 spiro atoms. The lowest BCUT2D eigenvalue weighted by atomic mass is 9.73. The quantitative estimate of drug-likeness (QED) is 0.829. The summed E-state index contributed by atoms with van der Waals surface area (Å²) < 4.78 is 5.49. The van der Waals surface area contributed by atoms with Gasteiger partial charge >= 0.3 is 0 Å². The Morgan fingerprint density at radius 2 is 2.00 bits per heavy atom. The van der Waals surface area contributed by atoms with Crippen LogP contribution >= 0.6 is 22.9 Å². The maximum Gasteiger partial charge on any atom is 0.242 e. The van der Waals surface area contributed by atoms with E-state index in [1.807, 2.05) is 23.1 Å². The van der Waals surface area contributed by atoms with Crippen LogP contribution in [0.3, 0.4) is 0 Å². The van der Waals surface area contributed by atoms with Gasteiger partial charge in [0.15, 0.2) is 0 Å². The van der Waals surface area contributed by atoms with Crippen LogP contribution in [0.5, 0.6) is 0 Å². The fourth-order valence-electron chi connectivity index (χ4n) is 4.09. The Balaban J connectivity index is 1.45. The van der Waals surface area contributed by atoms with Crippen LogP contribution in [-0.2, 0) is 32.7 Å². The van der Waals surface area contributed by atoms with E-state index in [4.69, 9.17) is 16.3 Å². The molecule has 0 bridgehead atoms. The van der Waals surface area contributed by atoms with Crippen LogP contribution in [0.4, 0.5) is 0 Å². The molecule has 5 nitrogen and oxygen atoms in total. The zero-order chi connectivity index (χ0) is 19.6. The molecule has 1 aromatic carbocycles. The number of nitrogens with zero attached hydrogens (tertiary/aromatic N) is 1. The minimum atomic E-state index is -0.751. The Labute approximate surface area is 173 Å². The molecule has 0 aliphatic carbocycles. The zero-order valence-corrected chi connectivity index (χ0v) is 17.2. The number of carbonyl (C=O) groups excluding carboxylic acids is 2. The number of hydrogen-bond donors (Lipinski definition) is 1. The van der Waals surface area contributed by atoms with Gasteiger partial charge in [-0.05, 0) is 47.9 Å². The average Bonchev–Trinajstić information content (AvgIpc) is 3.20. The molecular weight excluding hydrogens is 396 g/mol. The third-order valence-electron chi connectivity index (χ3n) is 5.73. The first-order chi connectivity index (χ1) is 13.6. The van der Waals surface area contributed by atoms with Gasteiger partial charge in [0, 0.05) is 36.2 Å². The van der Waals surface area contributed by atoms with Crippen LogP contribution < -0.4 is 5.32 Å². The summed E-state index contributed by atoms with van der Waals surface area (Å²) in [7, 11) is 0. The molecule has 0 unspecified atom stereocenters. The van der Waals surface area contributed by atoms with Crippen molar-refractivity contribution < 1.29 is 14.3 Å². The molecular formula is C21H23ClN2O3S. The van der Waals surface area contributed by atoms with Crippen molar-refractivity contribution in [2.45, 2.75) is 31.2 Å². The predicted octanol–water partition coefficient (Wildman–Crippen LogP) is 3.15. The Morgan fingerprint density at radius 3 is 2.79 bits per heavy atom. The molecule has 1 aromatic heterocycles. The molecule has 1 fully saturated rings. The van der Waals surface area contributed by atoms with Crippen LogP contribution in [0.25, 0.3) is 0 Å². The molecule has 2 amide bonds. The number of halogens is 1. The molecule has 1 saturated heterocycles. The highest BCUT2D eigenvalue weighted by molar-refractivity contribution is 7.10. The van der Waals surface area contributed by atoms with Crippen LogP contribution in [0.2, 0.25) is 5.02 Å². The molecule has 28 heavy (non-hydrogen) atoms. The Bertz CT molecular complexity index is 876. The van der Waals surface area contributed by atoms with Crippen LogP contribution in [0.15, 0.2) is 35.7 Å². The van der Waals surface area contributed by atoms with Crippen molar-refractivity contribution in [1.29, 1.82) is 0 Å². The maximum absolute atomic E-state index is 13.2. The number of fused-ring (bicyclic) bond motifs is 1. The molecule has 4 rings (SSSR count). The molecule has 0 radical (unpaired) electrons. The summed E-state index contributed by atoms with van der Waals surface area (Å²) in [6.07, 6.45) is 1.99. The Morgan fingerprint density at radius 1 is 1.21 bits per heavy atom. The zero-order valence-electron chi connectivity index (χ0n) is 15.6. The number of ether oxygens (including phenoxy) is 1. The SMILES string of the molecule is O=C(CNC(=O)C1(c2ccccc2Cl)CCOCC1)N1CCc2sccc2C1. The number of hydrogen-bond acceptors (Lipinski definition) is 4. The highest BCUT2D eigenvalue weighted by Gasteiger charge is 2.43. The van der Waals surface area contributed by atoms with E-state index in [2.05, 4.69) is 16.8 Å². The summed E-state index contributed by atoms with van der Waals surface area (Å²) in [6.45, 7) is 2.33. The second kappa shape index (κ2) is 8.23. The standard InChI is InChI=1S/C21H23ClN2O3S/c22-17-4-2-1-3-16(17)21(7-10-27-11-8-21)20(26)23-13-19(25)24-9-5-18-15(14-24)6-12-28-18/h1-4,6,12H,5,7-11,13-14H2,(H,23,26). The highest BCUT2D eigenvalue weighted by Crippen LogP contribution is 2.38. The van der Waals surface area contributed by atoms with Crippen molar-refractivity contribution in [3.8, 4) is 0 Å². The minimum Gasteiger partial charge on any atom is -0.381 e. The van der Waals surface area contributed by atoms with Crippen LogP contribution in [0.1, 0.15) is 28.8 Å². The second-order valence-electron chi connectivity index (χ2n) is 7.29. The molecule has 0 saturated carbocycles. The van der Waals surface area contributed by atoms with E-state index in [-0.39, 0.29) is 18.4 Å². The summed E-state index contributed by atoms with van der Waals surface area (Å²) in [5.41, 5.74) is 1.28. The largest absolute Gasteiger partial charge is 0.381 e. The number of thiophene rings is 1. The number of nitrogens with one attached hydrogen (secondary N) is 1. The number of amides is 2. The van der Waals surface area contributed by atoms with Gasteiger partial charge in [0.25, 0.3) is 0 Å². The van der Waals surface area contributed by atoms with Crippen molar-refractivity contribution in [1.82, 2.24) is 10.2 Å². The smallest absolute Gasteiger partial charge is 0.242 e.